The van der Waals surface area contributed by atoms with E-state index in [2.05, 4.69) is 24.0 Å². The van der Waals surface area contributed by atoms with E-state index in [0.717, 1.165) is 27.4 Å². The van der Waals surface area contributed by atoms with Gasteiger partial charge < -0.3 is 5.32 Å². The maximum atomic E-state index is 11.7. The van der Waals surface area contributed by atoms with Crippen LogP contribution in [0.4, 0.5) is 11.4 Å². The molecule has 0 aromatic heterocycles. The van der Waals surface area contributed by atoms with E-state index in [-0.39, 0.29) is 5.78 Å². The number of Topliss-reactive ketones (excluding diaryl/α,β-unsaturated/α-hetero) is 1. The Labute approximate surface area is 116 Å². The summed E-state index contributed by atoms with van der Waals surface area (Å²) in [7, 11) is 0. The fraction of sp³-hybridized carbons (Fsp3) is 0.0625. The minimum Gasteiger partial charge on any atom is -0.353 e. The largest absolute Gasteiger partial charge is 0.353 e. The molecule has 3 heteroatoms. The molecule has 0 aliphatic carbocycles. The summed E-state index contributed by atoms with van der Waals surface area (Å²) in [5, 5.41) is 3.38. The van der Waals surface area contributed by atoms with Crippen molar-refractivity contribution in [1.29, 1.82) is 0 Å². The van der Waals surface area contributed by atoms with Gasteiger partial charge in [-0.1, -0.05) is 36.5 Å². The van der Waals surface area contributed by atoms with Gasteiger partial charge in [0.25, 0.3) is 0 Å². The highest BCUT2D eigenvalue weighted by Crippen LogP contribution is 2.45. The van der Waals surface area contributed by atoms with Crippen molar-refractivity contribution in [3.63, 3.8) is 0 Å². The molecule has 0 fully saturated rings. The minimum absolute atomic E-state index is 0.0771. The fourth-order valence-corrected chi connectivity index (χ4v) is 3.16. The second-order valence-corrected chi connectivity index (χ2v) is 5.51. The Hall–Kier alpha value is -2.00. The van der Waals surface area contributed by atoms with Gasteiger partial charge in [-0.15, -0.1) is 0 Å². The Bertz CT molecular complexity index is 691. The summed E-state index contributed by atoms with van der Waals surface area (Å²) in [6.45, 7) is 5.38. The average Bonchev–Trinajstić information content (AvgIpc) is 2.43. The van der Waals surface area contributed by atoms with Crippen LogP contribution in [-0.4, -0.2) is 5.78 Å². The van der Waals surface area contributed by atoms with E-state index in [1.54, 1.807) is 18.7 Å². The highest BCUT2D eigenvalue weighted by Gasteiger charge is 2.19. The van der Waals surface area contributed by atoms with Gasteiger partial charge in [0.2, 0.25) is 0 Å². The van der Waals surface area contributed by atoms with E-state index >= 15 is 0 Å². The summed E-state index contributed by atoms with van der Waals surface area (Å²) < 4.78 is 0. The van der Waals surface area contributed by atoms with Crippen LogP contribution in [0.3, 0.4) is 0 Å². The molecule has 2 nitrogen and oxygen atoms in total. The standard InChI is InChI=1S/C16H13NOS/c1-3-11-7-8-14-13(9-11)17-16-12(10(2)18)5-4-6-15(16)19-14/h3-9,17H,1H2,2H3. The van der Waals surface area contributed by atoms with E-state index < -0.39 is 0 Å². The van der Waals surface area contributed by atoms with Crippen LogP contribution in [0.5, 0.6) is 0 Å². The van der Waals surface area contributed by atoms with Crippen LogP contribution in [0.15, 0.2) is 52.8 Å². The van der Waals surface area contributed by atoms with Gasteiger partial charge >= 0.3 is 0 Å². The molecule has 1 N–H and O–H groups in total. The summed E-state index contributed by atoms with van der Waals surface area (Å²) in [4.78, 5) is 13.9. The predicted octanol–water partition coefficient (Wildman–Crippen LogP) is 4.74. The molecule has 0 saturated heterocycles. The molecule has 0 radical (unpaired) electrons. The number of carbonyl (C=O) groups is 1. The number of fused-ring (bicyclic) bond motifs is 2. The number of carbonyl (C=O) groups excluding carboxylic acids is 1. The second kappa shape index (κ2) is 4.59. The quantitative estimate of drug-likeness (QED) is 0.680. The molecule has 1 aliphatic rings. The van der Waals surface area contributed by atoms with Gasteiger partial charge in [0.05, 0.1) is 11.4 Å². The smallest absolute Gasteiger partial charge is 0.161 e. The van der Waals surface area contributed by atoms with Crippen LogP contribution in [0.25, 0.3) is 6.08 Å². The molecule has 3 rings (SSSR count). The molecule has 0 atom stereocenters. The van der Waals surface area contributed by atoms with Crippen LogP contribution in [0.2, 0.25) is 0 Å². The van der Waals surface area contributed by atoms with Gasteiger partial charge in [0.1, 0.15) is 0 Å². The summed E-state index contributed by atoms with van der Waals surface area (Å²) in [6, 6.07) is 12.0. The van der Waals surface area contributed by atoms with E-state index in [1.165, 1.54) is 4.90 Å². The van der Waals surface area contributed by atoms with Gasteiger partial charge in [-0.2, -0.15) is 0 Å². The lowest BCUT2D eigenvalue weighted by molar-refractivity contribution is 0.101. The van der Waals surface area contributed by atoms with Crippen molar-refractivity contribution in [3.8, 4) is 0 Å². The van der Waals surface area contributed by atoms with Crippen molar-refractivity contribution in [2.24, 2.45) is 0 Å². The molecule has 0 saturated carbocycles. The first-order valence-electron chi connectivity index (χ1n) is 6.04. The molecule has 0 spiro atoms. The number of ketones is 1. The number of benzene rings is 2. The molecule has 0 bridgehead atoms. The highest BCUT2D eigenvalue weighted by molar-refractivity contribution is 7.99. The van der Waals surface area contributed by atoms with Gasteiger partial charge in [0.15, 0.2) is 5.78 Å². The lowest BCUT2D eigenvalue weighted by Gasteiger charge is -2.23. The number of hydrogen-bond donors (Lipinski definition) is 1. The minimum atomic E-state index is 0.0771. The molecular formula is C16H13NOS. The third-order valence-corrected chi connectivity index (χ3v) is 4.26. The molecule has 1 heterocycles. The van der Waals surface area contributed by atoms with Crippen molar-refractivity contribution in [2.75, 3.05) is 5.32 Å². The van der Waals surface area contributed by atoms with E-state index in [4.69, 9.17) is 0 Å². The van der Waals surface area contributed by atoms with Gasteiger partial charge in [-0.3, -0.25) is 4.79 Å². The Morgan fingerprint density at radius 1 is 1.26 bits per heavy atom. The SMILES string of the molecule is C=Cc1ccc2c(c1)Nc1c(cccc1C(C)=O)S2. The molecule has 0 unspecified atom stereocenters. The topological polar surface area (TPSA) is 29.1 Å². The number of anilines is 2. The van der Waals surface area contributed by atoms with Crippen LogP contribution in [-0.2, 0) is 0 Å². The molecule has 0 amide bonds. The normalized spacial score (nSPS) is 12.1. The number of hydrogen-bond acceptors (Lipinski definition) is 3. The molecule has 94 valence electrons. The number of para-hydroxylation sites is 1. The Morgan fingerprint density at radius 3 is 2.84 bits per heavy atom. The van der Waals surface area contributed by atoms with Crippen LogP contribution in [0.1, 0.15) is 22.8 Å². The fourth-order valence-electron chi connectivity index (χ4n) is 2.15. The van der Waals surface area contributed by atoms with E-state index in [9.17, 15) is 4.79 Å². The maximum absolute atomic E-state index is 11.7. The monoisotopic (exact) mass is 267 g/mol. The van der Waals surface area contributed by atoms with Gasteiger partial charge in [0, 0.05) is 15.4 Å². The van der Waals surface area contributed by atoms with E-state index in [1.807, 2.05) is 30.3 Å². The predicted molar refractivity (Wildman–Crippen MR) is 80.4 cm³/mol. The summed E-state index contributed by atoms with van der Waals surface area (Å²) in [5.41, 5.74) is 3.74. The molecule has 2 aromatic rings. The van der Waals surface area contributed by atoms with Gasteiger partial charge in [-0.05, 0) is 36.8 Å². The van der Waals surface area contributed by atoms with Crippen LogP contribution < -0.4 is 5.32 Å². The van der Waals surface area contributed by atoms with Gasteiger partial charge in [-0.25, -0.2) is 0 Å². The zero-order chi connectivity index (χ0) is 13.4. The first-order valence-corrected chi connectivity index (χ1v) is 6.86. The lowest BCUT2D eigenvalue weighted by Crippen LogP contribution is -2.06. The third-order valence-electron chi connectivity index (χ3n) is 3.12. The summed E-state index contributed by atoms with van der Waals surface area (Å²) in [6.07, 6.45) is 1.82. The van der Waals surface area contributed by atoms with Crippen LogP contribution in [0, 0.1) is 0 Å². The summed E-state index contributed by atoms with van der Waals surface area (Å²) >= 11 is 1.68. The summed E-state index contributed by atoms with van der Waals surface area (Å²) in [5.74, 6) is 0.0771. The lowest BCUT2D eigenvalue weighted by atomic mass is 10.1. The van der Waals surface area contributed by atoms with Crippen LogP contribution >= 0.6 is 11.8 Å². The Balaban J connectivity index is 2.12. The maximum Gasteiger partial charge on any atom is 0.161 e. The second-order valence-electron chi connectivity index (χ2n) is 4.42. The van der Waals surface area contributed by atoms with Crippen molar-refractivity contribution < 1.29 is 4.79 Å². The van der Waals surface area contributed by atoms with Crippen molar-refractivity contribution >= 4 is 35.0 Å². The molecule has 19 heavy (non-hydrogen) atoms. The zero-order valence-corrected chi connectivity index (χ0v) is 11.4. The first kappa shape index (κ1) is 12.1. The average molecular weight is 267 g/mol. The van der Waals surface area contributed by atoms with Crippen molar-refractivity contribution in [3.05, 3.63) is 54.1 Å². The zero-order valence-electron chi connectivity index (χ0n) is 10.6. The van der Waals surface area contributed by atoms with Crippen molar-refractivity contribution in [2.45, 2.75) is 16.7 Å². The highest BCUT2D eigenvalue weighted by atomic mass is 32.2. The third kappa shape index (κ3) is 2.06. The number of nitrogens with one attached hydrogen (secondary N) is 1. The Morgan fingerprint density at radius 2 is 2.11 bits per heavy atom. The molecular weight excluding hydrogens is 254 g/mol. The van der Waals surface area contributed by atoms with E-state index in [0.29, 0.717) is 0 Å². The first-order chi connectivity index (χ1) is 9.19. The Kier molecular flexibility index (Phi) is 2.91. The number of rotatable bonds is 2. The molecule has 2 aromatic carbocycles. The van der Waals surface area contributed by atoms with Crippen molar-refractivity contribution in [1.82, 2.24) is 0 Å². The molecule has 1 aliphatic heterocycles.